The number of benzene rings is 1. The van der Waals surface area contributed by atoms with Gasteiger partial charge in [0.15, 0.2) is 5.82 Å². The highest BCUT2D eigenvalue weighted by atomic mass is 79.9. The fraction of sp³-hybridized carbons (Fsp3) is 0.385. The Labute approximate surface area is 115 Å². The van der Waals surface area contributed by atoms with E-state index >= 15 is 0 Å². The van der Waals surface area contributed by atoms with E-state index in [1.54, 1.807) is 0 Å². The van der Waals surface area contributed by atoms with Gasteiger partial charge in [0.25, 0.3) is 0 Å². The Morgan fingerprint density at radius 3 is 2.94 bits per heavy atom. The van der Waals surface area contributed by atoms with E-state index in [9.17, 15) is 0 Å². The predicted octanol–water partition coefficient (Wildman–Crippen LogP) is 2.88. The standard InChI is InChI=1S/C13H16BrN3O/c1-2-10(8-15)13-16-12(17-18-13)7-9-4-3-5-11(14)6-9/h3-6,10H,2,7-8,15H2,1H3. The van der Waals surface area contributed by atoms with Crippen LogP contribution < -0.4 is 5.73 Å². The SMILES string of the molecule is CCC(CN)c1nc(Cc2cccc(Br)c2)no1. The number of nitrogens with zero attached hydrogens (tertiary/aromatic N) is 2. The maximum absolute atomic E-state index is 5.66. The average Bonchev–Trinajstić information content (AvgIpc) is 2.79. The monoisotopic (exact) mass is 309 g/mol. The van der Waals surface area contributed by atoms with E-state index in [1.165, 1.54) is 0 Å². The molecular weight excluding hydrogens is 294 g/mol. The molecule has 2 aromatic rings. The lowest BCUT2D eigenvalue weighted by molar-refractivity contribution is 0.348. The minimum Gasteiger partial charge on any atom is -0.339 e. The van der Waals surface area contributed by atoms with Gasteiger partial charge in [-0.05, 0) is 24.1 Å². The smallest absolute Gasteiger partial charge is 0.231 e. The zero-order valence-electron chi connectivity index (χ0n) is 10.3. The molecule has 1 unspecified atom stereocenters. The molecule has 1 heterocycles. The van der Waals surface area contributed by atoms with E-state index in [0.29, 0.717) is 24.7 Å². The van der Waals surface area contributed by atoms with Crippen LogP contribution in [0.2, 0.25) is 0 Å². The number of halogens is 1. The molecule has 5 heteroatoms. The van der Waals surface area contributed by atoms with Crippen LogP contribution in [0.1, 0.15) is 36.5 Å². The zero-order chi connectivity index (χ0) is 13.0. The fourth-order valence-corrected chi connectivity index (χ4v) is 2.22. The third-order valence-corrected chi connectivity index (χ3v) is 3.35. The van der Waals surface area contributed by atoms with Gasteiger partial charge in [0, 0.05) is 17.4 Å². The molecule has 0 radical (unpaired) electrons. The lowest BCUT2D eigenvalue weighted by Gasteiger charge is -2.04. The van der Waals surface area contributed by atoms with E-state index < -0.39 is 0 Å². The Hall–Kier alpha value is -1.20. The van der Waals surface area contributed by atoms with Crippen LogP contribution in [-0.4, -0.2) is 16.7 Å². The van der Waals surface area contributed by atoms with Crippen molar-refractivity contribution in [2.24, 2.45) is 5.73 Å². The summed E-state index contributed by atoms with van der Waals surface area (Å²) in [6.45, 7) is 2.60. The molecule has 18 heavy (non-hydrogen) atoms. The van der Waals surface area contributed by atoms with Gasteiger partial charge in [-0.1, -0.05) is 40.1 Å². The lowest BCUT2D eigenvalue weighted by atomic mass is 10.1. The fourth-order valence-electron chi connectivity index (χ4n) is 1.78. The second-order valence-electron chi connectivity index (χ2n) is 4.20. The first-order chi connectivity index (χ1) is 8.72. The van der Waals surface area contributed by atoms with E-state index in [4.69, 9.17) is 10.3 Å². The van der Waals surface area contributed by atoms with Crippen LogP contribution in [0.5, 0.6) is 0 Å². The van der Waals surface area contributed by atoms with E-state index in [-0.39, 0.29) is 5.92 Å². The van der Waals surface area contributed by atoms with Gasteiger partial charge in [-0.2, -0.15) is 4.98 Å². The van der Waals surface area contributed by atoms with Crippen LogP contribution in [0, 0.1) is 0 Å². The Morgan fingerprint density at radius 1 is 1.44 bits per heavy atom. The summed E-state index contributed by atoms with van der Waals surface area (Å²) in [5, 5.41) is 4.00. The highest BCUT2D eigenvalue weighted by molar-refractivity contribution is 9.10. The first-order valence-electron chi connectivity index (χ1n) is 6.00. The molecule has 0 aliphatic rings. The van der Waals surface area contributed by atoms with Crippen LogP contribution in [-0.2, 0) is 6.42 Å². The number of hydrogen-bond donors (Lipinski definition) is 1. The third-order valence-electron chi connectivity index (χ3n) is 2.86. The second kappa shape index (κ2) is 6.11. The van der Waals surface area contributed by atoms with Crippen molar-refractivity contribution in [2.45, 2.75) is 25.7 Å². The van der Waals surface area contributed by atoms with Gasteiger partial charge in [-0.3, -0.25) is 0 Å². The molecule has 0 fully saturated rings. The first kappa shape index (κ1) is 13.2. The van der Waals surface area contributed by atoms with E-state index in [2.05, 4.69) is 39.1 Å². The Balaban J connectivity index is 2.11. The van der Waals surface area contributed by atoms with Gasteiger partial charge < -0.3 is 10.3 Å². The number of nitrogens with two attached hydrogens (primary N) is 1. The molecule has 0 amide bonds. The maximum atomic E-state index is 5.66. The molecule has 2 rings (SSSR count). The molecule has 1 aromatic heterocycles. The highest BCUT2D eigenvalue weighted by Gasteiger charge is 2.15. The molecule has 0 spiro atoms. The van der Waals surface area contributed by atoms with E-state index in [0.717, 1.165) is 16.5 Å². The summed E-state index contributed by atoms with van der Waals surface area (Å²) in [4.78, 5) is 4.40. The summed E-state index contributed by atoms with van der Waals surface area (Å²) in [7, 11) is 0. The average molecular weight is 310 g/mol. The van der Waals surface area contributed by atoms with Gasteiger partial charge in [0.1, 0.15) is 0 Å². The van der Waals surface area contributed by atoms with Crippen molar-refractivity contribution in [3.63, 3.8) is 0 Å². The summed E-state index contributed by atoms with van der Waals surface area (Å²) in [5.74, 6) is 1.51. The molecule has 2 N–H and O–H groups in total. The summed E-state index contributed by atoms with van der Waals surface area (Å²) in [6.07, 6.45) is 1.58. The number of hydrogen-bond acceptors (Lipinski definition) is 4. The first-order valence-corrected chi connectivity index (χ1v) is 6.79. The van der Waals surface area contributed by atoms with Gasteiger partial charge in [-0.25, -0.2) is 0 Å². The summed E-state index contributed by atoms with van der Waals surface area (Å²) in [6, 6.07) is 8.08. The minimum atomic E-state index is 0.161. The van der Waals surface area contributed by atoms with Crippen LogP contribution in [0.15, 0.2) is 33.3 Å². The number of aromatic nitrogens is 2. The van der Waals surface area contributed by atoms with Gasteiger partial charge in [-0.15, -0.1) is 0 Å². The molecule has 4 nitrogen and oxygen atoms in total. The highest BCUT2D eigenvalue weighted by Crippen LogP contribution is 2.18. The van der Waals surface area contributed by atoms with Crippen molar-refractivity contribution in [1.82, 2.24) is 10.1 Å². The molecule has 1 aromatic carbocycles. The lowest BCUT2D eigenvalue weighted by Crippen LogP contribution is -2.11. The Morgan fingerprint density at radius 2 is 2.28 bits per heavy atom. The molecule has 0 bridgehead atoms. The van der Waals surface area contributed by atoms with Gasteiger partial charge in [0.2, 0.25) is 5.89 Å². The van der Waals surface area contributed by atoms with E-state index in [1.807, 2.05) is 18.2 Å². The van der Waals surface area contributed by atoms with Crippen LogP contribution >= 0.6 is 15.9 Å². The van der Waals surface area contributed by atoms with Crippen LogP contribution in [0.4, 0.5) is 0 Å². The molecule has 0 aliphatic heterocycles. The van der Waals surface area contributed by atoms with Crippen molar-refractivity contribution in [3.8, 4) is 0 Å². The Bertz CT molecular complexity index is 508. The molecular formula is C13H16BrN3O. The minimum absolute atomic E-state index is 0.161. The van der Waals surface area contributed by atoms with Gasteiger partial charge in [0.05, 0.1) is 5.92 Å². The van der Waals surface area contributed by atoms with Crippen LogP contribution in [0.3, 0.4) is 0 Å². The molecule has 0 aliphatic carbocycles. The Kier molecular flexibility index (Phi) is 4.49. The largest absolute Gasteiger partial charge is 0.339 e. The normalized spacial score (nSPS) is 12.6. The molecule has 1 atom stereocenters. The second-order valence-corrected chi connectivity index (χ2v) is 5.11. The quantitative estimate of drug-likeness (QED) is 0.922. The van der Waals surface area contributed by atoms with Crippen molar-refractivity contribution in [3.05, 3.63) is 46.0 Å². The topological polar surface area (TPSA) is 64.9 Å². The van der Waals surface area contributed by atoms with Crippen molar-refractivity contribution < 1.29 is 4.52 Å². The summed E-state index contributed by atoms with van der Waals surface area (Å²) in [5.41, 5.74) is 6.81. The van der Waals surface area contributed by atoms with Crippen molar-refractivity contribution in [1.29, 1.82) is 0 Å². The number of rotatable bonds is 5. The predicted molar refractivity (Wildman–Crippen MR) is 73.3 cm³/mol. The molecule has 96 valence electrons. The van der Waals surface area contributed by atoms with Crippen LogP contribution in [0.25, 0.3) is 0 Å². The third kappa shape index (κ3) is 3.17. The molecule has 0 saturated carbocycles. The summed E-state index contributed by atoms with van der Waals surface area (Å²) >= 11 is 3.45. The van der Waals surface area contributed by atoms with Gasteiger partial charge >= 0.3 is 0 Å². The maximum Gasteiger partial charge on any atom is 0.231 e. The summed E-state index contributed by atoms with van der Waals surface area (Å²) < 4.78 is 6.31. The molecule has 0 saturated heterocycles. The van der Waals surface area contributed by atoms with Crippen molar-refractivity contribution in [2.75, 3.05) is 6.54 Å². The zero-order valence-corrected chi connectivity index (χ0v) is 11.9. The van der Waals surface area contributed by atoms with Crippen molar-refractivity contribution >= 4 is 15.9 Å².